The average Bonchev–Trinajstić information content (AvgIpc) is 2.75. The van der Waals surface area contributed by atoms with Gasteiger partial charge in [0.1, 0.15) is 5.76 Å². The largest absolute Gasteiger partial charge is 0.469 e. The summed E-state index contributed by atoms with van der Waals surface area (Å²) in [6.07, 6.45) is 4.86. The van der Waals surface area contributed by atoms with Crippen LogP contribution in [-0.4, -0.2) is 29.0 Å². The SMILES string of the molecule is CC(O)(CO)CNC1CCCc2occc21. The second kappa shape index (κ2) is 4.57. The first-order valence-corrected chi connectivity index (χ1v) is 5.75. The molecule has 0 saturated carbocycles. The van der Waals surface area contributed by atoms with Gasteiger partial charge in [-0.15, -0.1) is 0 Å². The summed E-state index contributed by atoms with van der Waals surface area (Å²) in [5.41, 5.74) is 0.140. The lowest BCUT2D eigenvalue weighted by Gasteiger charge is -2.27. The molecule has 16 heavy (non-hydrogen) atoms. The Morgan fingerprint density at radius 3 is 3.19 bits per heavy atom. The molecule has 0 fully saturated rings. The molecule has 1 heterocycles. The standard InChI is InChI=1S/C12H19NO3/c1-12(15,8-14)7-13-10-3-2-4-11-9(10)5-6-16-11/h5-6,10,13-15H,2-4,7-8H2,1H3. The monoisotopic (exact) mass is 225 g/mol. The molecule has 2 rings (SSSR count). The van der Waals surface area contributed by atoms with Crippen LogP contribution in [0.2, 0.25) is 0 Å². The van der Waals surface area contributed by atoms with Crippen LogP contribution in [-0.2, 0) is 6.42 Å². The molecular formula is C12H19NO3. The van der Waals surface area contributed by atoms with Crippen molar-refractivity contribution in [1.82, 2.24) is 5.32 Å². The molecule has 0 amide bonds. The third kappa shape index (κ3) is 2.45. The zero-order chi connectivity index (χ0) is 11.6. The molecule has 1 aliphatic carbocycles. The van der Waals surface area contributed by atoms with E-state index in [9.17, 15) is 5.11 Å². The van der Waals surface area contributed by atoms with Crippen LogP contribution in [0.5, 0.6) is 0 Å². The van der Waals surface area contributed by atoms with Gasteiger partial charge in [-0.2, -0.15) is 0 Å². The van der Waals surface area contributed by atoms with Crippen molar-refractivity contribution in [2.75, 3.05) is 13.2 Å². The van der Waals surface area contributed by atoms with Crippen LogP contribution >= 0.6 is 0 Å². The van der Waals surface area contributed by atoms with Crippen molar-refractivity contribution in [2.24, 2.45) is 0 Å². The topological polar surface area (TPSA) is 65.6 Å². The van der Waals surface area contributed by atoms with E-state index in [-0.39, 0.29) is 12.6 Å². The van der Waals surface area contributed by atoms with Gasteiger partial charge < -0.3 is 19.9 Å². The van der Waals surface area contributed by atoms with Gasteiger partial charge in [-0.25, -0.2) is 0 Å². The van der Waals surface area contributed by atoms with Crippen molar-refractivity contribution < 1.29 is 14.6 Å². The van der Waals surface area contributed by atoms with Crippen LogP contribution in [0.15, 0.2) is 16.7 Å². The number of aryl methyl sites for hydroxylation is 1. The summed E-state index contributed by atoms with van der Waals surface area (Å²) < 4.78 is 5.39. The molecule has 1 aromatic rings. The van der Waals surface area contributed by atoms with E-state index in [0.717, 1.165) is 25.0 Å². The first-order chi connectivity index (χ1) is 7.62. The van der Waals surface area contributed by atoms with Crippen molar-refractivity contribution in [1.29, 1.82) is 0 Å². The van der Waals surface area contributed by atoms with E-state index >= 15 is 0 Å². The van der Waals surface area contributed by atoms with Crippen LogP contribution in [0.3, 0.4) is 0 Å². The molecule has 4 heteroatoms. The Labute approximate surface area is 95.3 Å². The Hall–Kier alpha value is -0.840. The van der Waals surface area contributed by atoms with Gasteiger partial charge in [0, 0.05) is 24.6 Å². The molecule has 3 N–H and O–H groups in total. The predicted octanol–water partition coefficient (Wildman–Crippen LogP) is 0.990. The lowest BCUT2D eigenvalue weighted by Crippen LogP contribution is -2.42. The van der Waals surface area contributed by atoms with Crippen LogP contribution in [0.4, 0.5) is 0 Å². The minimum atomic E-state index is -1.05. The summed E-state index contributed by atoms with van der Waals surface area (Å²) in [5.74, 6) is 1.05. The number of hydrogen-bond acceptors (Lipinski definition) is 4. The lowest BCUT2D eigenvalue weighted by molar-refractivity contribution is 0.000251. The maximum atomic E-state index is 9.72. The maximum Gasteiger partial charge on any atom is 0.108 e. The summed E-state index contributed by atoms with van der Waals surface area (Å²) in [7, 11) is 0. The second-order valence-electron chi connectivity index (χ2n) is 4.78. The fourth-order valence-corrected chi connectivity index (χ4v) is 2.10. The predicted molar refractivity (Wildman–Crippen MR) is 60.1 cm³/mol. The molecule has 0 bridgehead atoms. The number of aliphatic hydroxyl groups is 2. The molecule has 4 nitrogen and oxygen atoms in total. The molecule has 1 aliphatic rings. The third-order valence-electron chi connectivity index (χ3n) is 3.12. The van der Waals surface area contributed by atoms with Crippen molar-refractivity contribution in [3.8, 4) is 0 Å². The highest BCUT2D eigenvalue weighted by molar-refractivity contribution is 5.24. The van der Waals surface area contributed by atoms with E-state index in [2.05, 4.69) is 5.32 Å². The number of furan rings is 1. The average molecular weight is 225 g/mol. The van der Waals surface area contributed by atoms with Gasteiger partial charge in [-0.1, -0.05) is 0 Å². The Morgan fingerprint density at radius 1 is 1.62 bits per heavy atom. The Balaban J connectivity index is 1.98. The van der Waals surface area contributed by atoms with Crippen molar-refractivity contribution in [3.63, 3.8) is 0 Å². The quantitative estimate of drug-likeness (QED) is 0.715. The summed E-state index contributed by atoms with van der Waals surface area (Å²) >= 11 is 0. The van der Waals surface area contributed by atoms with Crippen LogP contribution in [0, 0.1) is 0 Å². The summed E-state index contributed by atoms with van der Waals surface area (Å²) in [6.45, 7) is 1.78. The highest BCUT2D eigenvalue weighted by atomic mass is 16.3. The number of nitrogens with one attached hydrogen (secondary N) is 1. The number of rotatable bonds is 4. The van der Waals surface area contributed by atoms with E-state index in [4.69, 9.17) is 9.52 Å². The van der Waals surface area contributed by atoms with Gasteiger partial charge in [0.2, 0.25) is 0 Å². The Bertz CT molecular complexity index is 346. The summed E-state index contributed by atoms with van der Waals surface area (Å²) in [4.78, 5) is 0. The molecular weight excluding hydrogens is 206 g/mol. The van der Waals surface area contributed by atoms with E-state index in [1.165, 1.54) is 5.56 Å². The van der Waals surface area contributed by atoms with Gasteiger partial charge in [0.15, 0.2) is 0 Å². The number of hydrogen-bond donors (Lipinski definition) is 3. The molecule has 1 aromatic heterocycles. The lowest BCUT2D eigenvalue weighted by atomic mass is 9.93. The molecule has 2 atom stereocenters. The van der Waals surface area contributed by atoms with Gasteiger partial charge in [-0.05, 0) is 25.8 Å². The maximum absolute atomic E-state index is 9.72. The summed E-state index contributed by atoms with van der Waals surface area (Å²) in [5, 5.41) is 22.0. The molecule has 0 radical (unpaired) electrons. The molecule has 0 saturated heterocycles. The van der Waals surface area contributed by atoms with Crippen LogP contribution in [0.1, 0.15) is 37.1 Å². The zero-order valence-electron chi connectivity index (χ0n) is 9.57. The van der Waals surface area contributed by atoms with Gasteiger partial charge in [0.05, 0.1) is 18.5 Å². The van der Waals surface area contributed by atoms with E-state index < -0.39 is 5.60 Å². The molecule has 90 valence electrons. The number of fused-ring (bicyclic) bond motifs is 1. The van der Waals surface area contributed by atoms with Crippen molar-refractivity contribution in [2.45, 2.75) is 37.8 Å². The van der Waals surface area contributed by atoms with Crippen molar-refractivity contribution >= 4 is 0 Å². The highest BCUT2D eigenvalue weighted by Crippen LogP contribution is 2.30. The fourth-order valence-electron chi connectivity index (χ4n) is 2.10. The normalized spacial score (nSPS) is 23.8. The first-order valence-electron chi connectivity index (χ1n) is 5.75. The van der Waals surface area contributed by atoms with Crippen LogP contribution < -0.4 is 5.32 Å². The molecule has 0 aliphatic heterocycles. The van der Waals surface area contributed by atoms with Gasteiger partial charge in [-0.3, -0.25) is 0 Å². The fraction of sp³-hybridized carbons (Fsp3) is 0.667. The van der Waals surface area contributed by atoms with Gasteiger partial charge >= 0.3 is 0 Å². The van der Waals surface area contributed by atoms with E-state index in [1.807, 2.05) is 6.07 Å². The van der Waals surface area contributed by atoms with Crippen molar-refractivity contribution in [3.05, 3.63) is 23.7 Å². The third-order valence-corrected chi connectivity index (χ3v) is 3.12. The highest BCUT2D eigenvalue weighted by Gasteiger charge is 2.25. The zero-order valence-corrected chi connectivity index (χ0v) is 9.57. The molecule has 2 unspecified atom stereocenters. The van der Waals surface area contributed by atoms with Crippen LogP contribution in [0.25, 0.3) is 0 Å². The molecule has 0 spiro atoms. The minimum Gasteiger partial charge on any atom is -0.469 e. The molecule has 0 aromatic carbocycles. The van der Waals surface area contributed by atoms with Gasteiger partial charge in [0.25, 0.3) is 0 Å². The Kier molecular flexibility index (Phi) is 3.33. The Morgan fingerprint density at radius 2 is 2.44 bits per heavy atom. The van der Waals surface area contributed by atoms with E-state index in [0.29, 0.717) is 6.54 Å². The van der Waals surface area contributed by atoms with E-state index in [1.54, 1.807) is 13.2 Å². The summed E-state index contributed by atoms with van der Waals surface area (Å²) in [6, 6.07) is 2.22. The smallest absolute Gasteiger partial charge is 0.108 e. The number of aliphatic hydroxyl groups excluding tert-OH is 1. The minimum absolute atomic E-state index is 0.231. The first kappa shape index (κ1) is 11.6. The second-order valence-corrected chi connectivity index (χ2v) is 4.78.